The van der Waals surface area contributed by atoms with Crippen LogP contribution in [0.25, 0.3) is 22.8 Å². The minimum Gasteiger partial charge on any atom is -0.493 e. The molecule has 1 atom stereocenters. The summed E-state index contributed by atoms with van der Waals surface area (Å²) in [4.78, 5) is 22.3. The third kappa shape index (κ3) is 7.89. The average molecular weight is 706 g/mol. The topological polar surface area (TPSA) is 112 Å². The monoisotopic (exact) mass is 703 g/mol. The molecule has 0 aliphatic heterocycles. The van der Waals surface area contributed by atoms with Gasteiger partial charge in [-0.2, -0.15) is 5.10 Å². The molecule has 0 aliphatic rings. The summed E-state index contributed by atoms with van der Waals surface area (Å²) in [6.07, 6.45) is 0.245. The van der Waals surface area contributed by atoms with Crippen LogP contribution in [-0.2, 0) is 15.9 Å². The number of hydrogen-bond donors (Lipinski definition) is 1. The second-order valence-corrected chi connectivity index (χ2v) is 13.6. The lowest BCUT2D eigenvalue weighted by atomic mass is 9.78. The van der Waals surface area contributed by atoms with Crippen LogP contribution >= 0.6 is 39.1 Å². The SMILES string of the molecule is C[SiH2]OC(O[SiH2]C)C(C)(C)[C@H](COc1ccc(Cl)c(-c2nc(Cl)c(C)c(-c3c(Br)cnn3C)n2)c1)CN(C)C(=O)O. The van der Waals surface area contributed by atoms with E-state index in [1.807, 2.05) is 40.9 Å². The van der Waals surface area contributed by atoms with Crippen LogP contribution in [0.15, 0.2) is 28.9 Å². The molecule has 2 heterocycles. The van der Waals surface area contributed by atoms with Crippen LogP contribution in [0.2, 0.25) is 23.3 Å². The molecule has 0 fully saturated rings. The number of aryl methyl sites for hydroxylation is 1. The van der Waals surface area contributed by atoms with Gasteiger partial charge in [0.15, 0.2) is 25.4 Å². The van der Waals surface area contributed by atoms with Crippen LogP contribution < -0.4 is 4.74 Å². The molecule has 3 rings (SSSR count). The van der Waals surface area contributed by atoms with Crippen molar-refractivity contribution in [1.29, 1.82) is 0 Å². The van der Waals surface area contributed by atoms with Gasteiger partial charge in [0, 0.05) is 43.1 Å². The second-order valence-electron chi connectivity index (χ2n) is 10.2. The standard InChI is InChI=1S/C26H36BrCl2N5O5Si2/c1-14-20(21-18(27)11-30-34(21)5)31-23(32-22(14)29)17-10-16(8-9-19(17)28)37-13-15(12-33(4)25(35)36)26(2,3)24(38-40-6)39-41-7/h8-11,15,24H,12-13,40-41H2,1-7H3,(H,35,36)/t15-/m0/s1. The fraction of sp³-hybridized carbons (Fsp3) is 0.462. The maximum Gasteiger partial charge on any atom is 0.407 e. The van der Waals surface area contributed by atoms with Crippen LogP contribution in [0.3, 0.4) is 0 Å². The Labute approximate surface area is 263 Å². The number of carboxylic acid groups (broad SMARTS) is 1. The van der Waals surface area contributed by atoms with Gasteiger partial charge in [-0.05, 0) is 41.1 Å². The zero-order chi connectivity index (χ0) is 30.5. The molecule has 41 heavy (non-hydrogen) atoms. The van der Waals surface area contributed by atoms with Crippen molar-refractivity contribution in [1.82, 2.24) is 24.6 Å². The van der Waals surface area contributed by atoms with E-state index in [9.17, 15) is 9.90 Å². The summed E-state index contributed by atoms with van der Waals surface area (Å²) in [6.45, 7) is 10.5. The Kier molecular flexibility index (Phi) is 11.8. The molecule has 224 valence electrons. The molecule has 1 aromatic carbocycles. The molecule has 1 N–H and O–H groups in total. The van der Waals surface area contributed by atoms with Gasteiger partial charge >= 0.3 is 6.09 Å². The third-order valence-corrected chi connectivity index (χ3v) is 9.50. The van der Waals surface area contributed by atoms with Crippen molar-refractivity contribution in [3.63, 3.8) is 0 Å². The minimum absolute atomic E-state index is 0.216. The smallest absolute Gasteiger partial charge is 0.407 e. The third-order valence-electron chi connectivity index (χ3n) is 6.95. The van der Waals surface area contributed by atoms with Gasteiger partial charge in [-0.3, -0.25) is 4.68 Å². The Balaban J connectivity index is 1.97. The molecular formula is C26H36BrCl2N5O5Si2. The first-order valence-corrected chi connectivity index (χ1v) is 18.7. The van der Waals surface area contributed by atoms with E-state index in [1.54, 1.807) is 36.1 Å². The van der Waals surface area contributed by atoms with E-state index in [2.05, 4.69) is 26.0 Å². The summed E-state index contributed by atoms with van der Waals surface area (Å²) in [5, 5.41) is 14.6. The van der Waals surface area contributed by atoms with Gasteiger partial charge in [0.25, 0.3) is 0 Å². The van der Waals surface area contributed by atoms with Crippen molar-refractivity contribution in [3.05, 3.63) is 44.6 Å². The van der Waals surface area contributed by atoms with Gasteiger partial charge in [-0.15, -0.1) is 0 Å². The highest BCUT2D eigenvalue weighted by Crippen LogP contribution is 2.37. The number of carbonyl (C=O) groups is 1. The lowest BCUT2D eigenvalue weighted by Gasteiger charge is -2.41. The van der Waals surface area contributed by atoms with E-state index >= 15 is 0 Å². The molecule has 0 spiro atoms. The normalized spacial score (nSPS) is 13.8. The highest BCUT2D eigenvalue weighted by atomic mass is 79.9. The van der Waals surface area contributed by atoms with Gasteiger partial charge in [-0.25, -0.2) is 14.8 Å². The zero-order valence-electron chi connectivity index (χ0n) is 24.2. The summed E-state index contributed by atoms with van der Waals surface area (Å²) in [5.41, 5.74) is 2.11. The maximum atomic E-state index is 11.7. The molecule has 2 aromatic heterocycles. The molecule has 0 aliphatic carbocycles. The molecule has 0 bridgehead atoms. The van der Waals surface area contributed by atoms with E-state index in [0.717, 1.165) is 10.2 Å². The van der Waals surface area contributed by atoms with Crippen molar-refractivity contribution < 1.29 is 23.5 Å². The summed E-state index contributed by atoms with van der Waals surface area (Å²) < 4.78 is 20.9. The average Bonchev–Trinajstić information content (AvgIpc) is 3.25. The van der Waals surface area contributed by atoms with E-state index in [1.165, 1.54) is 4.90 Å². The van der Waals surface area contributed by atoms with Crippen LogP contribution in [0.1, 0.15) is 19.4 Å². The first-order valence-electron chi connectivity index (χ1n) is 13.1. The van der Waals surface area contributed by atoms with Crippen molar-refractivity contribution in [3.8, 4) is 28.5 Å². The number of hydrogen-bond acceptors (Lipinski definition) is 7. The van der Waals surface area contributed by atoms with Crippen LogP contribution in [-0.4, -0.2) is 81.9 Å². The molecule has 15 heteroatoms. The Morgan fingerprint density at radius 2 is 1.88 bits per heavy atom. The molecular weight excluding hydrogens is 669 g/mol. The first-order chi connectivity index (χ1) is 19.3. The molecule has 3 aromatic rings. The first kappa shape index (κ1) is 33.5. The number of halogens is 3. The lowest BCUT2D eigenvalue weighted by Crippen LogP contribution is -2.48. The Bertz CT molecular complexity index is 1350. The summed E-state index contributed by atoms with van der Waals surface area (Å²) in [7, 11) is 1.84. The Morgan fingerprint density at radius 3 is 2.44 bits per heavy atom. The van der Waals surface area contributed by atoms with Crippen LogP contribution in [0.4, 0.5) is 4.79 Å². The van der Waals surface area contributed by atoms with Gasteiger partial charge < -0.3 is 23.6 Å². The van der Waals surface area contributed by atoms with Crippen molar-refractivity contribution >= 4 is 64.8 Å². The van der Waals surface area contributed by atoms with Crippen LogP contribution in [0.5, 0.6) is 5.75 Å². The predicted octanol–water partition coefficient (Wildman–Crippen LogP) is 5.18. The summed E-state index contributed by atoms with van der Waals surface area (Å²) in [5.74, 6) is 0.622. The maximum absolute atomic E-state index is 11.7. The molecule has 10 nitrogen and oxygen atoms in total. The van der Waals surface area contributed by atoms with Crippen molar-refractivity contribution in [2.45, 2.75) is 40.2 Å². The fourth-order valence-electron chi connectivity index (χ4n) is 4.36. The molecule has 1 amide bonds. The highest BCUT2D eigenvalue weighted by Gasteiger charge is 2.40. The number of aromatic nitrogens is 4. The largest absolute Gasteiger partial charge is 0.493 e. The fourth-order valence-corrected chi connectivity index (χ4v) is 7.12. The van der Waals surface area contributed by atoms with Crippen molar-refractivity contribution in [2.24, 2.45) is 18.4 Å². The molecule has 0 radical (unpaired) electrons. The summed E-state index contributed by atoms with van der Waals surface area (Å²) >= 11 is 16.7. The lowest BCUT2D eigenvalue weighted by molar-refractivity contribution is -0.114. The van der Waals surface area contributed by atoms with Gasteiger partial charge in [0.1, 0.15) is 22.9 Å². The van der Waals surface area contributed by atoms with E-state index in [0.29, 0.717) is 38.6 Å². The van der Waals surface area contributed by atoms with Crippen molar-refractivity contribution in [2.75, 3.05) is 20.2 Å². The predicted molar refractivity (Wildman–Crippen MR) is 170 cm³/mol. The molecule has 0 saturated carbocycles. The number of amides is 1. The van der Waals surface area contributed by atoms with Gasteiger partial charge in [-0.1, -0.05) is 50.1 Å². The van der Waals surface area contributed by atoms with Crippen LogP contribution in [0, 0.1) is 18.3 Å². The number of nitrogens with zero attached hydrogens (tertiary/aromatic N) is 5. The van der Waals surface area contributed by atoms with Gasteiger partial charge in [0.2, 0.25) is 0 Å². The van der Waals surface area contributed by atoms with E-state index in [-0.39, 0.29) is 19.1 Å². The molecule has 0 saturated heterocycles. The molecule has 0 unspecified atom stereocenters. The van der Waals surface area contributed by atoms with E-state index in [4.69, 9.17) is 41.8 Å². The quantitative estimate of drug-likeness (QED) is 0.147. The highest BCUT2D eigenvalue weighted by molar-refractivity contribution is 9.10. The Morgan fingerprint density at radius 1 is 1.22 bits per heavy atom. The summed E-state index contributed by atoms with van der Waals surface area (Å²) in [6, 6.07) is 5.24. The van der Waals surface area contributed by atoms with E-state index < -0.39 is 37.3 Å². The van der Waals surface area contributed by atoms with Gasteiger partial charge in [0.05, 0.1) is 28.0 Å². The number of benzene rings is 1. The Hall–Kier alpha value is -2.01. The minimum atomic E-state index is -1.02. The zero-order valence-corrected chi connectivity index (χ0v) is 30.2. The second kappa shape index (κ2) is 14.4. The number of rotatable bonds is 13. The number of ether oxygens (including phenoxy) is 1.